The first kappa shape index (κ1) is 10.4. The first-order chi connectivity index (χ1) is 7.54. The minimum Gasteiger partial charge on any atom is -0.478 e. The van der Waals surface area contributed by atoms with Crippen LogP contribution in [-0.2, 0) is 4.74 Å². The van der Waals surface area contributed by atoms with Crippen LogP contribution >= 0.6 is 0 Å². The van der Waals surface area contributed by atoms with E-state index in [1.54, 1.807) is 6.92 Å². The molecule has 1 N–H and O–H groups in total. The van der Waals surface area contributed by atoms with E-state index in [9.17, 15) is 14.4 Å². The summed E-state index contributed by atoms with van der Waals surface area (Å²) in [6, 6.07) is 2.58. The molecule has 0 bridgehead atoms. The van der Waals surface area contributed by atoms with Gasteiger partial charge in [-0.05, 0) is 19.1 Å². The second-order valence-electron chi connectivity index (χ2n) is 3.50. The Morgan fingerprint density at radius 1 is 1.50 bits per heavy atom. The number of rotatable bonds is 2. The van der Waals surface area contributed by atoms with Crippen LogP contribution in [0.25, 0.3) is 0 Å². The summed E-state index contributed by atoms with van der Waals surface area (Å²) in [5.41, 5.74) is 0.642. The Hall–Kier alpha value is -2.17. The number of aromatic carboxylic acids is 1. The van der Waals surface area contributed by atoms with Gasteiger partial charge in [-0.15, -0.1) is 0 Å². The fourth-order valence-corrected chi connectivity index (χ4v) is 1.72. The van der Waals surface area contributed by atoms with E-state index in [0.29, 0.717) is 11.8 Å². The topological polar surface area (TPSA) is 80.7 Å². The summed E-state index contributed by atoms with van der Waals surface area (Å²) in [6.45, 7) is 1.65. The van der Waals surface area contributed by atoms with Gasteiger partial charge < -0.3 is 9.84 Å². The highest BCUT2D eigenvalue weighted by Gasteiger charge is 2.30. The highest BCUT2D eigenvalue weighted by Crippen LogP contribution is 2.32. The Labute approximate surface area is 90.6 Å². The van der Waals surface area contributed by atoms with Crippen molar-refractivity contribution in [1.82, 2.24) is 0 Å². The van der Waals surface area contributed by atoms with Crippen molar-refractivity contribution in [1.29, 1.82) is 0 Å². The van der Waals surface area contributed by atoms with E-state index in [-0.39, 0.29) is 16.7 Å². The van der Waals surface area contributed by atoms with Crippen molar-refractivity contribution < 1.29 is 24.2 Å². The Morgan fingerprint density at radius 2 is 2.19 bits per heavy atom. The molecule has 0 fully saturated rings. The number of carboxylic acid groups (broad SMARTS) is 1. The molecule has 0 aliphatic carbocycles. The first-order valence-electron chi connectivity index (χ1n) is 4.62. The van der Waals surface area contributed by atoms with Crippen molar-refractivity contribution >= 4 is 18.2 Å². The molecule has 82 valence electrons. The third-order valence-electron chi connectivity index (χ3n) is 2.52. The minimum absolute atomic E-state index is 0.0164. The number of benzene rings is 1. The predicted molar refractivity (Wildman–Crippen MR) is 52.6 cm³/mol. The van der Waals surface area contributed by atoms with Crippen LogP contribution in [0, 0.1) is 0 Å². The lowest BCUT2D eigenvalue weighted by atomic mass is 9.98. The second kappa shape index (κ2) is 3.44. The average molecular weight is 220 g/mol. The fraction of sp³-hybridized carbons (Fsp3) is 0.182. The van der Waals surface area contributed by atoms with Crippen LogP contribution < -0.4 is 0 Å². The molecule has 5 nitrogen and oxygen atoms in total. The fourth-order valence-electron chi connectivity index (χ4n) is 1.72. The number of aldehydes is 1. The van der Waals surface area contributed by atoms with Crippen LogP contribution in [0.15, 0.2) is 12.1 Å². The number of esters is 1. The van der Waals surface area contributed by atoms with Crippen molar-refractivity contribution in [3.8, 4) is 0 Å². The molecule has 1 atom stereocenters. The monoisotopic (exact) mass is 220 g/mol. The summed E-state index contributed by atoms with van der Waals surface area (Å²) in [6.07, 6.45) is -0.0543. The van der Waals surface area contributed by atoms with Gasteiger partial charge in [0.25, 0.3) is 0 Å². The minimum atomic E-state index is -1.20. The van der Waals surface area contributed by atoms with Gasteiger partial charge in [-0.2, -0.15) is 0 Å². The molecule has 0 aromatic heterocycles. The molecule has 0 saturated heterocycles. The number of carboxylic acids is 1. The first-order valence-corrected chi connectivity index (χ1v) is 4.62. The molecule has 1 aromatic carbocycles. The lowest BCUT2D eigenvalue weighted by Crippen LogP contribution is -2.05. The summed E-state index contributed by atoms with van der Waals surface area (Å²) in [5, 5.41) is 8.90. The molecule has 1 heterocycles. The van der Waals surface area contributed by atoms with E-state index in [1.165, 1.54) is 12.1 Å². The number of hydrogen-bond donors (Lipinski definition) is 1. The van der Waals surface area contributed by atoms with Gasteiger partial charge in [0.2, 0.25) is 0 Å². The van der Waals surface area contributed by atoms with Gasteiger partial charge in [-0.25, -0.2) is 9.59 Å². The normalized spacial score (nSPS) is 17.8. The smallest absolute Gasteiger partial charge is 0.339 e. The van der Waals surface area contributed by atoms with E-state index >= 15 is 0 Å². The van der Waals surface area contributed by atoms with Gasteiger partial charge in [-0.1, -0.05) is 0 Å². The lowest BCUT2D eigenvalue weighted by Gasteiger charge is -2.04. The van der Waals surface area contributed by atoms with Crippen LogP contribution in [0.2, 0.25) is 0 Å². The van der Waals surface area contributed by atoms with Gasteiger partial charge in [0.15, 0.2) is 6.29 Å². The molecule has 0 saturated carbocycles. The van der Waals surface area contributed by atoms with Crippen molar-refractivity contribution in [3.63, 3.8) is 0 Å². The average Bonchev–Trinajstić information content (AvgIpc) is 2.52. The molecule has 1 aliphatic heterocycles. The molecule has 1 aromatic rings. The highest BCUT2D eigenvalue weighted by atomic mass is 16.5. The lowest BCUT2D eigenvalue weighted by molar-refractivity contribution is 0.0421. The van der Waals surface area contributed by atoms with Crippen LogP contribution in [-0.4, -0.2) is 23.3 Å². The number of ether oxygens (including phenoxy) is 1. The second-order valence-corrected chi connectivity index (χ2v) is 3.50. The standard InChI is InChI=1S/C11H8O5/c1-5-7-3-8(10(13)14)6(4-12)2-9(7)11(15)16-5/h2-5H,1H3,(H,13,14). The SMILES string of the molecule is CC1OC(=O)c2cc(C=O)c(C(=O)O)cc21. The number of cyclic esters (lactones) is 1. The summed E-state index contributed by atoms with van der Waals surface area (Å²) in [5.74, 6) is -1.72. The predicted octanol–water partition coefficient (Wildman–Crippen LogP) is 1.43. The zero-order chi connectivity index (χ0) is 11.9. The molecule has 2 rings (SSSR count). The maximum absolute atomic E-state index is 11.3. The number of hydrogen-bond acceptors (Lipinski definition) is 4. The zero-order valence-electron chi connectivity index (χ0n) is 8.39. The van der Waals surface area contributed by atoms with Crippen molar-refractivity contribution in [2.24, 2.45) is 0 Å². The van der Waals surface area contributed by atoms with Crippen LogP contribution in [0.1, 0.15) is 49.7 Å². The van der Waals surface area contributed by atoms with E-state index in [0.717, 1.165) is 0 Å². The van der Waals surface area contributed by atoms with Gasteiger partial charge in [0.1, 0.15) is 6.10 Å². The maximum atomic E-state index is 11.3. The molecule has 16 heavy (non-hydrogen) atoms. The third-order valence-corrected chi connectivity index (χ3v) is 2.52. The summed E-state index contributed by atoms with van der Waals surface area (Å²) in [7, 11) is 0. The molecule has 0 amide bonds. The maximum Gasteiger partial charge on any atom is 0.339 e. The van der Waals surface area contributed by atoms with Gasteiger partial charge in [0.05, 0.1) is 11.1 Å². The third kappa shape index (κ3) is 1.37. The molecule has 1 aliphatic rings. The van der Waals surface area contributed by atoms with Gasteiger partial charge in [-0.3, -0.25) is 4.79 Å². The number of carbonyl (C=O) groups is 3. The Morgan fingerprint density at radius 3 is 2.75 bits per heavy atom. The Kier molecular flexibility index (Phi) is 2.23. The van der Waals surface area contributed by atoms with Crippen LogP contribution in [0.5, 0.6) is 0 Å². The highest BCUT2D eigenvalue weighted by molar-refractivity contribution is 6.02. The summed E-state index contributed by atoms with van der Waals surface area (Å²) >= 11 is 0. The zero-order valence-corrected chi connectivity index (χ0v) is 8.39. The van der Waals surface area contributed by atoms with Gasteiger partial charge in [0, 0.05) is 11.1 Å². The van der Waals surface area contributed by atoms with Crippen molar-refractivity contribution in [2.45, 2.75) is 13.0 Å². The summed E-state index contributed by atoms with van der Waals surface area (Å²) in [4.78, 5) is 32.9. The molecule has 1 unspecified atom stereocenters. The quantitative estimate of drug-likeness (QED) is 0.602. The van der Waals surface area contributed by atoms with E-state index < -0.39 is 18.0 Å². The van der Waals surface area contributed by atoms with Gasteiger partial charge >= 0.3 is 11.9 Å². The van der Waals surface area contributed by atoms with Crippen LogP contribution in [0.4, 0.5) is 0 Å². The summed E-state index contributed by atoms with van der Waals surface area (Å²) < 4.78 is 4.92. The number of carbonyl (C=O) groups excluding carboxylic acids is 2. The Bertz CT molecular complexity index is 503. The Balaban J connectivity index is 2.69. The molecule has 0 spiro atoms. The molecular formula is C11H8O5. The largest absolute Gasteiger partial charge is 0.478 e. The van der Waals surface area contributed by atoms with E-state index in [2.05, 4.69) is 0 Å². The van der Waals surface area contributed by atoms with E-state index in [1.807, 2.05) is 0 Å². The van der Waals surface area contributed by atoms with Crippen LogP contribution in [0.3, 0.4) is 0 Å². The van der Waals surface area contributed by atoms with Crippen molar-refractivity contribution in [2.75, 3.05) is 0 Å². The van der Waals surface area contributed by atoms with Crippen molar-refractivity contribution in [3.05, 3.63) is 34.4 Å². The van der Waals surface area contributed by atoms with E-state index in [4.69, 9.17) is 9.84 Å². The molecule has 0 radical (unpaired) electrons. The number of fused-ring (bicyclic) bond motifs is 1. The molecule has 5 heteroatoms. The molecular weight excluding hydrogens is 212 g/mol.